The van der Waals surface area contributed by atoms with E-state index < -0.39 is 0 Å². The minimum absolute atomic E-state index is 0.284. The summed E-state index contributed by atoms with van der Waals surface area (Å²) in [5.74, 6) is -0.573. The van der Waals surface area contributed by atoms with Crippen LogP contribution in [0.25, 0.3) is 5.57 Å². The minimum atomic E-state index is -0.289. The largest absolute Gasteiger partial charge is 0.336 e. The number of nitrogens with zero attached hydrogens (tertiary/aromatic N) is 2. The van der Waals surface area contributed by atoms with E-state index in [9.17, 15) is 9.59 Å². The van der Waals surface area contributed by atoms with Gasteiger partial charge in [0, 0.05) is 16.7 Å². The van der Waals surface area contributed by atoms with E-state index in [0.29, 0.717) is 23.5 Å². The summed E-state index contributed by atoms with van der Waals surface area (Å²) in [7, 11) is 0. The van der Waals surface area contributed by atoms with Crippen LogP contribution in [0.5, 0.6) is 0 Å². The number of halogens is 1. The Morgan fingerprint density at radius 3 is 2.21 bits per heavy atom. The van der Waals surface area contributed by atoms with Gasteiger partial charge in [0.25, 0.3) is 11.8 Å². The van der Waals surface area contributed by atoms with E-state index in [-0.39, 0.29) is 11.8 Å². The SMILES string of the molecule is O=C1C(c2ccccc2)=C(N2CCc3ccccc32)C(=O)N1c1ccc(Br)cc1. The van der Waals surface area contributed by atoms with Crippen LogP contribution in [0.15, 0.2) is 89.0 Å². The van der Waals surface area contributed by atoms with Crippen molar-refractivity contribution in [1.29, 1.82) is 0 Å². The maximum Gasteiger partial charge on any atom is 0.282 e. The predicted molar refractivity (Wildman–Crippen MR) is 117 cm³/mol. The number of anilines is 2. The summed E-state index contributed by atoms with van der Waals surface area (Å²) in [5.41, 5.74) is 4.41. The van der Waals surface area contributed by atoms with Crippen LogP contribution in [0.4, 0.5) is 11.4 Å². The van der Waals surface area contributed by atoms with Crippen molar-refractivity contribution in [2.45, 2.75) is 6.42 Å². The molecule has 5 rings (SSSR count). The fourth-order valence-electron chi connectivity index (χ4n) is 4.03. The van der Waals surface area contributed by atoms with Gasteiger partial charge in [-0.2, -0.15) is 0 Å². The van der Waals surface area contributed by atoms with Gasteiger partial charge in [-0.1, -0.05) is 64.5 Å². The zero-order valence-corrected chi connectivity index (χ0v) is 17.1. The molecule has 2 amide bonds. The van der Waals surface area contributed by atoms with Gasteiger partial charge in [-0.3, -0.25) is 9.59 Å². The molecular formula is C24H17BrN2O2. The van der Waals surface area contributed by atoms with Gasteiger partial charge in [-0.25, -0.2) is 4.90 Å². The van der Waals surface area contributed by atoms with Gasteiger partial charge >= 0.3 is 0 Å². The van der Waals surface area contributed by atoms with Gasteiger partial charge in [0.15, 0.2) is 0 Å². The maximum atomic E-state index is 13.6. The Labute approximate surface area is 177 Å². The first-order chi connectivity index (χ1) is 14.1. The van der Waals surface area contributed by atoms with E-state index in [4.69, 9.17) is 0 Å². The van der Waals surface area contributed by atoms with Gasteiger partial charge < -0.3 is 4.90 Å². The third-order valence-electron chi connectivity index (χ3n) is 5.36. The van der Waals surface area contributed by atoms with E-state index in [1.54, 1.807) is 12.1 Å². The molecular weight excluding hydrogens is 428 g/mol. The molecule has 0 N–H and O–H groups in total. The molecule has 0 saturated carbocycles. The number of para-hydroxylation sites is 1. The van der Waals surface area contributed by atoms with E-state index in [1.165, 1.54) is 10.5 Å². The molecule has 142 valence electrons. The number of hydrogen-bond acceptors (Lipinski definition) is 3. The summed E-state index contributed by atoms with van der Waals surface area (Å²) < 4.78 is 0.894. The van der Waals surface area contributed by atoms with Crippen LogP contribution < -0.4 is 9.80 Å². The second kappa shape index (κ2) is 7.01. The maximum absolute atomic E-state index is 13.6. The van der Waals surface area contributed by atoms with Crippen molar-refractivity contribution in [3.05, 3.63) is 100 Å². The molecule has 0 spiro atoms. The van der Waals surface area contributed by atoms with Gasteiger partial charge in [-0.15, -0.1) is 0 Å². The average molecular weight is 445 g/mol. The zero-order chi connectivity index (χ0) is 20.0. The second-order valence-electron chi connectivity index (χ2n) is 7.04. The van der Waals surface area contributed by atoms with Gasteiger partial charge in [-0.05, 0) is 47.9 Å². The molecule has 2 heterocycles. The lowest BCUT2D eigenvalue weighted by Gasteiger charge is -2.21. The number of hydrogen-bond donors (Lipinski definition) is 0. The monoisotopic (exact) mass is 444 g/mol. The normalized spacial score (nSPS) is 16.0. The standard InChI is InChI=1S/C24H17BrN2O2/c25-18-10-12-19(13-11-18)27-23(28)21(17-7-2-1-3-8-17)22(24(27)29)26-15-14-16-6-4-5-9-20(16)26/h1-13H,14-15H2. The van der Waals surface area contributed by atoms with E-state index in [2.05, 4.69) is 22.0 Å². The topological polar surface area (TPSA) is 40.6 Å². The lowest BCUT2D eigenvalue weighted by molar-refractivity contribution is -0.120. The number of rotatable bonds is 3. The van der Waals surface area contributed by atoms with Crippen LogP contribution in [0.2, 0.25) is 0 Å². The van der Waals surface area contributed by atoms with Crippen molar-refractivity contribution in [3.8, 4) is 0 Å². The van der Waals surface area contributed by atoms with E-state index in [0.717, 1.165) is 22.1 Å². The average Bonchev–Trinajstić information content (AvgIpc) is 3.28. The summed E-state index contributed by atoms with van der Waals surface area (Å²) in [6.07, 6.45) is 0.849. The molecule has 0 unspecified atom stereocenters. The molecule has 0 aliphatic carbocycles. The highest BCUT2D eigenvalue weighted by molar-refractivity contribution is 9.10. The molecule has 0 radical (unpaired) electrons. The molecule has 0 saturated heterocycles. The highest BCUT2D eigenvalue weighted by atomic mass is 79.9. The van der Waals surface area contributed by atoms with Crippen molar-refractivity contribution in [2.75, 3.05) is 16.3 Å². The molecule has 5 heteroatoms. The summed E-state index contributed by atoms with van der Waals surface area (Å²) in [5, 5.41) is 0. The lowest BCUT2D eigenvalue weighted by atomic mass is 10.0. The molecule has 2 aliphatic rings. The number of imide groups is 1. The van der Waals surface area contributed by atoms with Crippen molar-refractivity contribution < 1.29 is 9.59 Å². The van der Waals surface area contributed by atoms with Crippen LogP contribution in [-0.4, -0.2) is 18.4 Å². The lowest BCUT2D eigenvalue weighted by Crippen LogP contribution is -2.34. The number of carbonyl (C=O) groups excluding carboxylic acids is 2. The number of fused-ring (bicyclic) bond motifs is 1. The summed E-state index contributed by atoms with van der Waals surface area (Å²) in [6, 6.07) is 24.7. The van der Waals surface area contributed by atoms with Gasteiger partial charge in [0.2, 0.25) is 0 Å². The van der Waals surface area contributed by atoms with E-state index in [1.807, 2.05) is 65.6 Å². The molecule has 0 bridgehead atoms. The molecule has 0 atom stereocenters. The summed E-state index contributed by atoms with van der Waals surface area (Å²) in [6.45, 7) is 0.679. The molecule has 3 aromatic carbocycles. The van der Waals surface area contributed by atoms with Crippen LogP contribution >= 0.6 is 15.9 Å². The van der Waals surface area contributed by atoms with Gasteiger partial charge in [0.1, 0.15) is 5.70 Å². The third kappa shape index (κ3) is 2.89. The minimum Gasteiger partial charge on any atom is -0.336 e. The zero-order valence-electron chi connectivity index (χ0n) is 15.5. The van der Waals surface area contributed by atoms with Gasteiger partial charge in [0.05, 0.1) is 11.3 Å². The summed E-state index contributed by atoms with van der Waals surface area (Å²) >= 11 is 3.41. The van der Waals surface area contributed by atoms with Crippen LogP contribution in [0.1, 0.15) is 11.1 Å². The molecule has 0 fully saturated rings. The molecule has 3 aromatic rings. The fraction of sp³-hybridized carbons (Fsp3) is 0.0833. The highest BCUT2D eigenvalue weighted by Crippen LogP contribution is 2.40. The number of benzene rings is 3. The van der Waals surface area contributed by atoms with E-state index >= 15 is 0 Å². The Morgan fingerprint density at radius 2 is 1.45 bits per heavy atom. The van der Waals surface area contributed by atoms with Crippen molar-refractivity contribution in [3.63, 3.8) is 0 Å². The Kier molecular flexibility index (Phi) is 4.32. The quantitative estimate of drug-likeness (QED) is 0.544. The Bertz CT molecular complexity index is 1150. The first kappa shape index (κ1) is 17.9. The van der Waals surface area contributed by atoms with Crippen LogP contribution in [0, 0.1) is 0 Å². The van der Waals surface area contributed by atoms with Crippen molar-refractivity contribution in [1.82, 2.24) is 0 Å². The van der Waals surface area contributed by atoms with Crippen molar-refractivity contribution in [2.24, 2.45) is 0 Å². The predicted octanol–water partition coefficient (Wildman–Crippen LogP) is 4.80. The Morgan fingerprint density at radius 1 is 0.759 bits per heavy atom. The number of carbonyl (C=O) groups is 2. The first-order valence-electron chi connectivity index (χ1n) is 9.44. The molecule has 4 nitrogen and oxygen atoms in total. The highest BCUT2D eigenvalue weighted by Gasteiger charge is 2.43. The van der Waals surface area contributed by atoms with Crippen molar-refractivity contribution >= 4 is 44.7 Å². The first-order valence-corrected chi connectivity index (χ1v) is 10.2. The second-order valence-corrected chi connectivity index (χ2v) is 7.96. The van der Waals surface area contributed by atoms with Crippen LogP contribution in [0.3, 0.4) is 0 Å². The number of amides is 2. The smallest absolute Gasteiger partial charge is 0.282 e. The Hall–Kier alpha value is -3.18. The molecule has 2 aliphatic heterocycles. The third-order valence-corrected chi connectivity index (χ3v) is 5.89. The molecule has 29 heavy (non-hydrogen) atoms. The molecule has 0 aromatic heterocycles. The fourth-order valence-corrected chi connectivity index (χ4v) is 4.29. The Balaban J connectivity index is 1.68. The summed E-state index contributed by atoms with van der Waals surface area (Å²) in [4.78, 5) is 30.3. The van der Waals surface area contributed by atoms with Crippen LogP contribution in [-0.2, 0) is 16.0 Å².